The van der Waals surface area contributed by atoms with Crippen molar-refractivity contribution in [3.63, 3.8) is 0 Å². The molecule has 1 saturated heterocycles. The molecule has 0 aromatic carbocycles. The van der Waals surface area contributed by atoms with Gasteiger partial charge in [0.2, 0.25) is 5.91 Å². The van der Waals surface area contributed by atoms with Gasteiger partial charge in [-0.1, -0.05) is 0 Å². The van der Waals surface area contributed by atoms with E-state index in [1.807, 2.05) is 40.5 Å². The Hall–Kier alpha value is -1.73. The van der Waals surface area contributed by atoms with Crippen molar-refractivity contribution < 1.29 is 4.79 Å². The monoisotopic (exact) mass is 333 g/mol. The molecule has 2 aromatic rings. The molecule has 1 fully saturated rings. The van der Waals surface area contributed by atoms with E-state index in [1.165, 1.54) is 0 Å². The lowest BCUT2D eigenvalue weighted by molar-refractivity contribution is -0.133. The van der Waals surface area contributed by atoms with Crippen molar-refractivity contribution >= 4 is 17.2 Å². The van der Waals surface area contributed by atoms with E-state index in [1.54, 1.807) is 11.3 Å². The highest BCUT2D eigenvalue weighted by Crippen LogP contribution is 2.23. The smallest absolute Gasteiger partial charge is 0.224 e. The van der Waals surface area contributed by atoms with Crippen LogP contribution in [0.2, 0.25) is 0 Å². The predicted molar refractivity (Wildman–Crippen MR) is 90.3 cm³/mol. The molecule has 0 aliphatic carbocycles. The van der Waals surface area contributed by atoms with Crippen molar-refractivity contribution in [1.29, 1.82) is 0 Å². The molecule has 124 valence electrons. The predicted octanol–water partition coefficient (Wildman–Crippen LogP) is 1.94. The summed E-state index contributed by atoms with van der Waals surface area (Å²) < 4.78 is 1.84. The Labute approximate surface area is 140 Å². The van der Waals surface area contributed by atoms with Crippen LogP contribution in [0.4, 0.5) is 0 Å². The minimum absolute atomic E-state index is 0.222. The first kappa shape index (κ1) is 16.1. The van der Waals surface area contributed by atoms with E-state index in [2.05, 4.69) is 21.9 Å². The maximum atomic E-state index is 12.3. The van der Waals surface area contributed by atoms with Crippen LogP contribution in [0.25, 0.3) is 0 Å². The summed E-state index contributed by atoms with van der Waals surface area (Å²) in [6, 6.07) is 0.333. The molecule has 3 rings (SSSR count). The first-order valence-electron chi connectivity index (χ1n) is 8.04. The second kappa shape index (κ2) is 7.23. The number of thiazole rings is 1. The molecule has 0 unspecified atom stereocenters. The third-order valence-corrected chi connectivity index (χ3v) is 5.29. The summed E-state index contributed by atoms with van der Waals surface area (Å²) in [5.41, 5.74) is 1.13. The number of amides is 1. The highest BCUT2D eigenvalue weighted by Gasteiger charge is 2.25. The molecule has 0 spiro atoms. The summed E-state index contributed by atoms with van der Waals surface area (Å²) in [4.78, 5) is 21.1. The van der Waals surface area contributed by atoms with Crippen molar-refractivity contribution in [2.45, 2.75) is 32.9 Å². The van der Waals surface area contributed by atoms with Crippen LogP contribution in [0.1, 0.15) is 30.0 Å². The van der Waals surface area contributed by atoms with Crippen molar-refractivity contribution in [3.8, 4) is 0 Å². The first-order chi connectivity index (χ1) is 11.1. The Morgan fingerprint density at radius 3 is 2.74 bits per heavy atom. The van der Waals surface area contributed by atoms with Gasteiger partial charge in [-0.25, -0.2) is 4.98 Å². The van der Waals surface area contributed by atoms with Crippen molar-refractivity contribution in [3.05, 3.63) is 34.5 Å². The normalized spacial score (nSPS) is 17.4. The molecule has 0 bridgehead atoms. The molecule has 0 N–H and O–H groups in total. The Balaban J connectivity index is 1.45. The number of hydrogen-bond acceptors (Lipinski definition) is 5. The fraction of sp³-hybridized carbons (Fsp3) is 0.562. The van der Waals surface area contributed by atoms with Gasteiger partial charge in [0.05, 0.1) is 12.2 Å². The van der Waals surface area contributed by atoms with Crippen LogP contribution in [0, 0.1) is 6.92 Å². The van der Waals surface area contributed by atoms with E-state index >= 15 is 0 Å². The van der Waals surface area contributed by atoms with Crippen LogP contribution in [0.15, 0.2) is 24.0 Å². The van der Waals surface area contributed by atoms with E-state index in [-0.39, 0.29) is 5.91 Å². The summed E-state index contributed by atoms with van der Waals surface area (Å²) in [6.45, 7) is 8.27. The van der Waals surface area contributed by atoms with Gasteiger partial charge in [0.15, 0.2) is 0 Å². The zero-order chi connectivity index (χ0) is 16.2. The molecule has 6 nitrogen and oxygen atoms in total. The highest BCUT2D eigenvalue weighted by molar-refractivity contribution is 7.09. The molecule has 0 radical (unpaired) electrons. The molecular weight excluding hydrogens is 310 g/mol. The number of aryl methyl sites for hydroxylation is 2. The van der Waals surface area contributed by atoms with Crippen molar-refractivity contribution in [2.75, 3.05) is 26.2 Å². The summed E-state index contributed by atoms with van der Waals surface area (Å²) in [7, 11) is 0. The summed E-state index contributed by atoms with van der Waals surface area (Å²) in [5.74, 6) is 0.222. The zero-order valence-electron chi connectivity index (χ0n) is 13.7. The number of carbonyl (C=O) groups excluding carboxylic acids is 1. The van der Waals surface area contributed by atoms with E-state index in [9.17, 15) is 4.79 Å². The molecular formula is C16H23N5OS. The molecule has 23 heavy (non-hydrogen) atoms. The van der Waals surface area contributed by atoms with Crippen LogP contribution < -0.4 is 0 Å². The average molecular weight is 333 g/mol. The molecule has 0 saturated carbocycles. The van der Waals surface area contributed by atoms with Gasteiger partial charge >= 0.3 is 0 Å². The average Bonchev–Trinajstić information content (AvgIpc) is 3.24. The second-order valence-corrected chi connectivity index (χ2v) is 6.92. The molecule has 3 heterocycles. The molecule has 2 aromatic heterocycles. The quantitative estimate of drug-likeness (QED) is 0.839. The van der Waals surface area contributed by atoms with Gasteiger partial charge in [-0.05, 0) is 19.4 Å². The second-order valence-electron chi connectivity index (χ2n) is 5.99. The van der Waals surface area contributed by atoms with Crippen LogP contribution in [-0.2, 0) is 11.3 Å². The summed E-state index contributed by atoms with van der Waals surface area (Å²) in [5, 5.41) is 7.40. The van der Waals surface area contributed by atoms with Gasteiger partial charge in [0, 0.05) is 56.9 Å². The maximum absolute atomic E-state index is 12.3. The van der Waals surface area contributed by atoms with Gasteiger partial charge in [0.1, 0.15) is 5.01 Å². The molecule has 1 aliphatic heterocycles. The van der Waals surface area contributed by atoms with Crippen LogP contribution in [0.3, 0.4) is 0 Å². The zero-order valence-corrected chi connectivity index (χ0v) is 14.5. The number of rotatable bonds is 5. The third kappa shape index (κ3) is 3.97. The van der Waals surface area contributed by atoms with Crippen molar-refractivity contribution in [1.82, 2.24) is 24.6 Å². The van der Waals surface area contributed by atoms with Crippen LogP contribution in [-0.4, -0.2) is 56.7 Å². The fourth-order valence-electron chi connectivity index (χ4n) is 2.91. The largest absolute Gasteiger partial charge is 0.340 e. The topological polar surface area (TPSA) is 54.3 Å². The first-order valence-corrected chi connectivity index (χ1v) is 8.92. The van der Waals surface area contributed by atoms with Gasteiger partial charge in [-0.2, -0.15) is 5.10 Å². The summed E-state index contributed by atoms with van der Waals surface area (Å²) >= 11 is 1.70. The SMILES string of the molecule is Cc1cnn(CCC(=O)N2CCN([C@@H](C)c3nccs3)CC2)c1. The van der Waals surface area contributed by atoms with Crippen molar-refractivity contribution in [2.24, 2.45) is 0 Å². The number of piperazine rings is 1. The Morgan fingerprint density at radius 1 is 1.35 bits per heavy atom. The highest BCUT2D eigenvalue weighted by atomic mass is 32.1. The van der Waals surface area contributed by atoms with E-state index in [0.29, 0.717) is 19.0 Å². The minimum atomic E-state index is 0.222. The van der Waals surface area contributed by atoms with E-state index in [0.717, 1.165) is 36.8 Å². The Morgan fingerprint density at radius 2 is 2.13 bits per heavy atom. The number of nitrogens with zero attached hydrogens (tertiary/aromatic N) is 5. The van der Waals surface area contributed by atoms with Crippen LogP contribution >= 0.6 is 11.3 Å². The van der Waals surface area contributed by atoms with Crippen LogP contribution in [0.5, 0.6) is 0 Å². The Bertz CT molecular complexity index is 631. The van der Waals surface area contributed by atoms with Gasteiger partial charge in [0.25, 0.3) is 0 Å². The molecule has 1 atom stereocenters. The number of hydrogen-bond donors (Lipinski definition) is 0. The van der Waals surface area contributed by atoms with E-state index < -0.39 is 0 Å². The number of carbonyl (C=O) groups is 1. The number of aromatic nitrogens is 3. The van der Waals surface area contributed by atoms with Gasteiger partial charge in [-0.3, -0.25) is 14.4 Å². The summed E-state index contributed by atoms with van der Waals surface area (Å²) in [6.07, 6.45) is 6.17. The third-order valence-electron chi connectivity index (χ3n) is 4.34. The minimum Gasteiger partial charge on any atom is -0.340 e. The lowest BCUT2D eigenvalue weighted by Crippen LogP contribution is -2.49. The molecule has 1 aliphatic rings. The standard InChI is InChI=1S/C16H23N5OS/c1-13-11-18-21(12-13)5-3-15(22)20-8-6-19(7-9-20)14(2)16-17-4-10-23-16/h4,10-12,14H,3,5-9H2,1-2H3/t14-/m0/s1. The lowest BCUT2D eigenvalue weighted by Gasteiger charge is -2.37. The van der Waals surface area contributed by atoms with Gasteiger partial charge in [-0.15, -0.1) is 11.3 Å². The van der Waals surface area contributed by atoms with E-state index in [4.69, 9.17) is 0 Å². The Kier molecular flexibility index (Phi) is 5.07. The lowest BCUT2D eigenvalue weighted by atomic mass is 10.2. The fourth-order valence-corrected chi connectivity index (χ4v) is 3.64. The maximum Gasteiger partial charge on any atom is 0.224 e. The molecule has 1 amide bonds. The van der Waals surface area contributed by atoms with Gasteiger partial charge < -0.3 is 4.90 Å². The molecule has 7 heteroatoms.